The zero-order valence-corrected chi connectivity index (χ0v) is 14.9. The molecule has 0 saturated carbocycles. The first-order chi connectivity index (χ1) is 11.7. The highest BCUT2D eigenvalue weighted by molar-refractivity contribution is 5.77. The van der Waals surface area contributed by atoms with E-state index in [0.717, 1.165) is 63.7 Å². The van der Waals surface area contributed by atoms with Gasteiger partial charge in [-0.3, -0.25) is 0 Å². The zero-order valence-electron chi connectivity index (χ0n) is 14.9. The second-order valence-electron chi connectivity index (χ2n) is 5.99. The van der Waals surface area contributed by atoms with Crippen LogP contribution in [-0.2, 0) is 11.3 Å². The lowest BCUT2D eigenvalue weighted by Gasteiger charge is -2.33. The van der Waals surface area contributed by atoms with Crippen molar-refractivity contribution >= 4 is 11.8 Å². The molecule has 3 N–H and O–H groups in total. The zero-order chi connectivity index (χ0) is 17.2. The van der Waals surface area contributed by atoms with Crippen molar-refractivity contribution in [3.8, 4) is 0 Å². The van der Waals surface area contributed by atoms with Crippen LogP contribution in [0.15, 0.2) is 23.3 Å². The van der Waals surface area contributed by atoms with E-state index in [0.29, 0.717) is 12.5 Å². The number of aromatic nitrogens is 1. The van der Waals surface area contributed by atoms with Gasteiger partial charge in [0.05, 0.1) is 6.54 Å². The third-order valence-corrected chi connectivity index (χ3v) is 4.04. The van der Waals surface area contributed by atoms with Gasteiger partial charge in [0.25, 0.3) is 0 Å². The van der Waals surface area contributed by atoms with E-state index >= 15 is 0 Å². The molecule has 0 spiro atoms. The van der Waals surface area contributed by atoms with Crippen LogP contribution in [0.3, 0.4) is 0 Å². The van der Waals surface area contributed by atoms with Gasteiger partial charge < -0.3 is 25.6 Å². The SMILES string of the molecule is CCOCCCNC(N)=NCc1ccnc(N2CCN(C)CC2)c1. The third kappa shape index (κ3) is 6.33. The summed E-state index contributed by atoms with van der Waals surface area (Å²) < 4.78 is 5.29. The number of nitrogens with one attached hydrogen (secondary N) is 1. The second-order valence-corrected chi connectivity index (χ2v) is 5.99. The summed E-state index contributed by atoms with van der Waals surface area (Å²) in [6.45, 7) is 9.00. The maximum absolute atomic E-state index is 5.90. The molecule has 1 aliphatic rings. The summed E-state index contributed by atoms with van der Waals surface area (Å²) in [4.78, 5) is 13.5. The van der Waals surface area contributed by atoms with Gasteiger partial charge >= 0.3 is 0 Å². The number of hydrogen-bond donors (Lipinski definition) is 2. The van der Waals surface area contributed by atoms with Gasteiger partial charge in [-0.2, -0.15) is 0 Å². The van der Waals surface area contributed by atoms with Crippen LogP contribution in [0.25, 0.3) is 0 Å². The molecule has 7 heteroatoms. The number of nitrogens with two attached hydrogens (primary N) is 1. The number of nitrogens with zero attached hydrogens (tertiary/aromatic N) is 4. The van der Waals surface area contributed by atoms with Crippen LogP contribution in [-0.4, -0.2) is 68.8 Å². The standard InChI is InChI=1S/C17H30N6O/c1-3-24-12-4-6-20-17(18)21-14-15-5-7-19-16(13-15)23-10-8-22(2)9-11-23/h5,7,13H,3-4,6,8-12,14H2,1-2H3,(H3,18,20,21). The number of guanidine groups is 1. The Bertz CT molecular complexity index is 514. The molecule has 0 amide bonds. The van der Waals surface area contributed by atoms with Gasteiger partial charge in [-0.1, -0.05) is 0 Å². The van der Waals surface area contributed by atoms with Gasteiger partial charge in [0.15, 0.2) is 5.96 Å². The van der Waals surface area contributed by atoms with Crippen LogP contribution in [0.4, 0.5) is 5.82 Å². The molecule has 0 aliphatic carbocycles. The lowest BCUT2D eigenvalue weighted by atomic mass is 10.2. The van der Waals surface area contributed by atoms with Crippen molar-refractivity contribution in [1.82, 2.24) is 15.2 Å². The highest BCUT2D eigenvalue weighted by Gasteiger charge is 2.15. The molecule has 1 aliphatic heterocycles. The Morgan fingerprint density at radius 2 is 2.17 bits per heavy atom. The first-order valence-electron chi connectivity index (χ1n) is 8.69. The predicted octanol–water partition coefficient (Wildman–Crippen LogP) is 0.664. The molecule has 0 unspecified atom stereocenters. The summed E-state index contributed by atoms with van der Waals surface area (Å²) in [6, 6.07) is 4.10. The molecule has 134 valence electrons. The molecule has 0 bridgehead atoms. The Balaban J connectivity index is 1.80. The van der Waals surface area contributed by atoms with Crippen LogP contribution in [0.1, 0.15) is 18.9 Å². The van der Waals surface area contributed by atoms with E-state index in [9.17, 15) is 0 Å². The maximum atomic E-state index is 5.90. The molecule has 1 saturated heterocycles. The minimum absolute atomic E-state index is 0.476. The van der Waals surface area contributed by atoms with Crippen molar-refractivity contribution in [3.05, 3.63) is 23.9 Å². The molecule has 1 fully saturated rings. The van der Waals surface area contributed by atoms with E-state index in [1.54, 1.807) is 0 Å². The van der Waals surface area contributed by atoms with Gasteiger partial charge in [0.1, 0.15) is 5.82 Å². The number of hydrogen-bond acceptors (Lipinski definition) is 5. The quantitative estimate of drug-likeness (QED) is 0.413. The fraction of sp³-hybridized carbons (Fsp3) is 0.647. The van der Waals surface area contributed by atoms with Crippen LogP contribution < -0.4 is 16.0 Å². The number of piperazine rings is 1. The molecular formula is C17H30N6O. The molecule has 0 atom stereocenters. The first kappa shape index (κ1) is 18.5. The summed E-state index contributed by atoms with van der Waals surface area (Å²) >= 11 is 0. The van der Waals surface area contributed by atoms with Crippen LogP contribution in [0.5, 0.6) is 0 Å². The van der Waals surface area contributed by atoms with Gasteiger partial charge in [-0.25, -0.2) is 9.98 Å². The summed E-state index contributed by atoms with van der Waals surface area (Å²) in [6.07, 6.45) is 2.77. The number of aliphatic imine (C=N–C) groups is 1. The van der Waals surface area contributed by atoms with Gasteiger partial charge in [-0.05, 0) is 38.1 Å². The highest BCUT2D eigenvalue weighted by Crippen LogP contribution is 2.15. The highest BCUT2D eigenvalue weighted by atomic mass is 16.5. The van der Waals surface area contributed by atoms with Crippen molar-refractivity contribution in [2.45, 2.75) is 19.9 Å². The molecule has 2 heterocycles. The summed E-state index contributed by atoms with van der Waals surface area (Å²) in [5.74, 6) is 1.50. The number of likely N-dealkylation sites (N-methyl/N-ethyl adjacent to an activating group) is 1. The molecular weight excluding hydrogens is 304 g/mol. The first-order valence-corrected chi connectivity index (χ1v) is 8.69. The average Bonchev–Trinajstić information content (AvgIpc) is 2.61. The van der Waals surface area contributed by atoms with Crippen molar-refractivity contribution in [2.24, 2.45) is 10.7 Å². The Labute approximate surface area is 144 Å². The van der Waals surface area contributed by atoms with E-state index in [-0.39, 0.29) is 0 Å². The minimum atomic E-state index is 0.476. The van der Waals surface area contributed by atoms with E-state index in [1.165, 1.54) is 0 Å². The lowest BCUT2D eigenvalue weighted by molar-refractivity contribution is 0.145. The van der Waals surface area contributed by atoms with Crippen LogP contribution >= 0.6 is 0 Å². The van der Waals surface area contributed by atoms with Crippen LogP contribution in [0.2, 0.25) is 0 Å². The number of pyridine rings is 1. The summed E-state index contributed by atoms with van der Waals surface area (Å²) in [5.41, 5.74) is 7.02. The van der Waals surface area contributed by atoms with Gasteiger partial charge in [0.2, 0.25) is 0 Å². The Morgan fingerprint density at radius 3 is 2.92 bits per heavy atom. The summed E-state index contributed by atoms with van der Waals surface area (Å²) in [5, 5.41) is 3.11. The van der Waals surface area contributed by atoms with Crippen molar-refractivity contribution in [2.75, 3.05) is 57.9 Å². The fourth-order valence-electron chi connectivity index (χ4n) is 2.53. The van der Waals surface area contributed by atoms with E-state index < -0.39 is 0 Å². The third-order valence-electron chi connectivity index (χ3n) is 4.04. The monoisotopic (exact) mass is 334 g/mol. The molecule has 24 heavy (non-hydrogen) atoms. The lowest BCUT2D eigenvalue weighted by Crippen LogP contribution is -2.44. The van der Waals surface area contributed by atoms with E-state index in [1.807, 2.05) is 19.2 Å². The van der Waals surface area contributed by atoms with Crippen molar-refractivity contribution < 1.29 is 4.74 Å². The number of rotatable bonds is 8. The molecule has 1 aromatic rings. The normalized spacial score (nSPS) is 16.4. The van der Waals surface area contributed by atoms with Crippen molar-refractivity contribution in [3.63, 3.8) is 0 Å². The van der Waals surface area contributed by atoms with Crippen LogP contribution in [0, 0.1) is 0 Å². The Hall–Kier alpha value is -1.86. The Kier molecular flexibility index (Phi) is 7.77. The molecule has 0 radical (unpaired) electrons. The summed E-state index contributed by atoms with van der Waals surface area (Å²) in [7, 11) is 2.15. The topological polar surface area (TPSA) is 79.0 Å². The van der Waals surface area contributed by atoms with Gasteiger partial charge in [0, 0.05) is 52.1 Å². The Morgan fingerprint density at radius 1 is 1.38 bits per heavy atom. The minimum Gasteiger partial charge on any atom is -0.382 e. The van der Waals surface area contributed by atoms with E-state index in [4.69, 9.17) is 10.5 Å². The van der Waals surface area contributed by atoms with Gasteiger partial charge in [-0.15, -0.1) is 0 Å². The fourth-order valence-corrected chi connectivity index (χ4v) is 2.53. The number of anilines is 1. The van der Waals surface area contributed by atoms with E-state index in [2.05, 4.69) is 38.2 Å². The average molecular weight is 334 g/mol. The predicted molar refractivity (Wildman–Crippen MR) is 98.4 cm³/mol. The molecule has 0 aromatic carbocycles. The maximum Gasteiger partial charge on any atom is 0.188 e. The van der Waals surface area contributed by atoms with Crippen molar-refractivity contribution in [1.29, 1.82) is 0 Å². The molecule has 7 nitrogen and oxygen atoms in total. The smallest absolute Gasteiger partial charge is 0.188 e. The second kappa shape index (κ2) is 10.1. The largest absolute Gasteiger partial charge is 0.382 e. The molecule has 2 rings (SSSR count). The molecule has 1 aromatic heterocycles. The number of ether oxygens (including phenoxy) is 1.